The third-order valence-electron chi connectivity index (χ3n) is 3.14. The lowest BCUT2D eigenvalue weighted by atomic mass is 10.1. The highest BCUT2D eigenvalue weighted by atomic mass is 16.5. The fourth-order valence-corrected chi connectivity index (χ4v) is 1.76. The second kappa shape index (κ2) is 5.96. The Morgan fingerprint density at radius 3 is 2.50 bits per heavy atom. The van der Waals surface area contributed by atoms with Gasteiger partial charge in [-0.25, -0.2) is 9.78 Å². The number of nitrogens with zero attached hydrogens (tertiary/aromatic N) is 3. The molecule has 0 N–H and O–H groups in total. The van der Waals surface area contributed by atoms with Crippen LogP contribution >= 0.6 is 0 Å². The van der Waals surface area contributed by atoms with E-state index in [1.165, 1.54) is 6.20 Å². The molecule has 0 aliphatic heterocycles. The number of esters is 1. The molecule has 0 amide bonds. The first-order valence-corrected chi connectivity index (χ1v) is 6.53. The van der Waals surface area contributed by atoms with Crippen LogP contribution < -0.4 is 0 Å². The quantitative estimate of drug-likeness (QED) is 0.797. The van der Waals surface area contributed by atoms with E-state index in [0.717, 1.165) is 22.2 Å². The number of hydrogen-bond donors (Lipinski definition) is 0. The van der Waals surface area contributed by atoms with E-state index in [0.29, 0.717) is 13.2 Å². The summed E-state index contributed by atoms with van der Waals surface area (Å²) >= 11 is 0. The van der Waals surface area contributed by atoms with E-state index in [1.54, 1.807) is 0 Å². The minimum Gasteiger partial charge on any atom is -0.460 e. The van der Waals surface area contributed by atoms with E-state index in [4.69, 9.17) is 4.74 Å². The van der Waals surface area contributed by atoms with Gasteiger partial charge in [0.15, 0.2) is 5.69 Å². The third-order valence-corrected chi connectivity index (χ3v) is 3.14. The maximum Gasteiger partial charge on any atom is 0.358 e. The van der Waals surface area contributed by atoms with Crippen molar-refractivity contribution in [3.8, 4) is 0 Å². The Morgan fingerprint density at radius 2 is 1.85 bits per heavy atom. The van der Waals surface area contributed by atoms with Crippen molar-refractivity contribution in [3.63, 3.8) is 0 Å². The van der Waals surface area contributed by atoms with Gasteiger partial charge in [0.1, 0.15) is 6.61 Å². The van der Waals surface area contributed by atoms with Crippen LogP contribution in [0.3, 0.4) is 0 Å². The molecule has 5 heteroatoms. The van der Waals surface area contributed by atoms with Crippen LogP contribution in [-0.4, -0.2) is 48.1 Å². The topological polar surface area (TPSA) is 55.3 Å². The molecule has 0 atom stereocenters. The first-order chi connectivity index (χ1) is 9.47. The summed E-state index contributed by atoms with van der Waals surface area (Å²) in [5.41, 5.74) is 4.05. The molecule has 0 radical (unpaired) electrons. The number of hydrogen-bond acceptors (Lipinski definition) is 5. The number of fused-ring (bicyclic) bond motifs is 1. The number of likely N-dealkylation sites (N-methyl/N-ethyl adjacent to an activating group) is 1. The van der Waals surface area contributed by atoms with E-state index >= 15 is 0 Å². The van der Waals surface area contributed by atoms with Crippen molar-refractivity contribution in [2.75, 3.05) is 27.2 Å². The lowest BCUT2D eigenvalue weighted by molar-refractivity contribution is 0.0475. The third kappa shape index (κ3) is 3.30. The van der Waals surface area contributed by atoms with Crippen molar-refractivity contribution in [2.24, 2.45) is 0 Å². The number of aryl methyl sites for hydroxylation is 2. The second-order valence-electron chi connectivity index (χ2n) is 5.12. The maximum absolute atomic E-state index is 11.9. The van der Waals surface area contributed by atoms with Gasteiger partial charge in [0, 0.05) is 6.54 Å². The molecule has 0 aliphatic carbocycles. The summed E-state index contributed by atoms with van der Waals surface area (Å²) in [4.78, 5) is 22.4. The average Bonchev–Trinajstić information content (AvgIpc) is 2.39. The van der Waals surface area contributed by atoms with Gasteiger partial charge >= 0.3 is 5.97 Å². The minimum absolute atomic E-state index is 0.250. The number of benzene rings is 1. The van der Waals surface area contributed by atoms with Gasteiger partial charge in [-0.2, -0.15) is 0 Å². The molecule has 0 unspecified atom stereocenters. The van der Waals surface area contributed by atoms with Crippen LogP contribution in [0.1, 0.15) is 21.6 Å². The summed E-state index contributed by atoms with van der Waals surface area (Å²) in [5, 5.41) is 0. The lowest BCUT2D eigenvalue weighted by Gasteiger charge is -2.10. The highest BCUT2D eigenvalue weighted by molar-refractivity contribution is 5.89. The van der Waals surface area contributed by atoms with Crippen LogP contribution in [-0.2, 0) is 4.74 Å². The Hall–Kier alpha value is -2.01. The Balaban J connectivity index is 2.18. The normalized spacial score (nSPS) is 11.1. The number of aromatic nitrogens is 2. The van der Waals surface area contributed by atoms with E-state index in [2.05, 4.69) is 9.97 Å². The Labute approximate surface area is 118 Å². The number of rotatable bonds is 4. The van der Waals surface area contributed by atoms with Crippen LogP contribution in [0, 0.1) is 13.8 Å². The fraction of sp³-hybridized carbons (Fsp3) is 0.400. The molecular weight excluding hydrogens is 254 g/mol. The summed E-state index contributed by atoms with van der Waals surface area (Å²) in [5.74, 6) is -0.431. The van der Waals surface area contributed by atoms with Crippen molar-refractivity contribution in [3.05, 3.63) is 35.2 Å². The first-order valence-electron chi connectivity index (χ1n) is 6.53. The highest BCUT2D eigenvalue weighted by Crippen LogP contribution is 2.16. The van der Waals surface area contributed by atoms with Gasteiger partial charge in [-0.3, -0.25) is 4.98 Å². The molecule has 106 valence electrons. The zero-order valence-electron chi connectivity index (χ0n) is 12.3. The summed E-state index contributed by atoms with van der Waals surface area (Å²) in [6.07, 6.45) is 1.47. The van der Waals surface area contributed by atoms with Gasteiger partial charge in [-0.15, -0.1) is 0 Å². The van der Waals surface area contributed by atoms with Gasteiger partial charge in [0.25, 0.3) is 0 Å². The standard InChI is InChI=1S/C15H19N3O2/c1-10-7-12-13(8-11(10)2)17-14(9-16-12)15(19)20-6-5-18(3)4/h7-9H,5-6H2,1-4H3. The van der Waals surface area contributed by atoms with Crippen molar-refractivity contribution >= 4 is 17.0 Å². The van der Waals surface area contributed by atoms with Crippen LogP contribution in [0.4, 0.5) is 0 Å². The summed E-state index contributed by atoms with van der Waals surface area (Å²) in [6.45, 7) is 5.07. The smallest absolute Gasteiger partial charge is 0.358 e. The molecule has 0 bridgehead atoms. The Kier molecular flexibility index (Phi) is 4.29. The van der Waals surface area contributed by atoms with Crippen LogP contribution in [0.25, 0.3) is 11.0 Å². The maximum atomic E-state index is 11.9. The van der Waals surface area contributed by atoms with Gasteiger partial charge < -0.3 is 9.64 Å². The van der Waals surface area contributed by atoms with Gasteiger partial charge in [-0.1, -0.05) is 0 Å². The predicted molar refractivity (Wildman–Crippen MR) is 77.8 cm³/mol. The molecule has 1 aromatic carbocycles. The number of carbonyl (C=O) groups is 1. The van der Waals surface area contributed by atoms with Gasteiger partial charge in [-0.05, 0) is 51.2 Å². The summed E-state index contributed by atoms with van der Waals surface area (Å²) in [7, 11) is 3.85. The molecule has 2 rings (SSSR count). The summed E-state index contributed by atoms with van der Waals surface area (Å²) in [6, 6.07) is 3.91. The molecule has 0 spiro atoms. The SMILES string of the molecule is Cc1cc2ncc(C(=O)OCCN(C)C)nc2cc1C. The molecular formula is C15H19N3O2. The molecule has 5 nitrogen and oxygen atoms in total. The summed E-state index contributed by atoms with van der Waals surface area (Å²) < 4.78 is 5.16. The second-order valence-corrected chi connectivity index (χ2v) is 5.12. The molecule has 0 aliphatic rings. The van der Waals surface area contributed by atoms with Gasteiger partial charge in [0.2, 0.25) is 0 Å². The molecule has 0 fully saturated rings. The van der Waals surface area contributed by atoms with E-state index in [1.807, 2.05) is 45.0 Å². The molecule has 2 aromatic rings. The van der Waals surface area contributed by atoms with Crippen LogP contribution in [0.15, 0.2) is 18.3 Å². The van der Waals surface area contributed by atoms with Crippen LogP contribution in [0.5, 0.6) is 0 Å². The van der Waals surface area contributed by atoms with E-state index < -0.39 is 5.97 Å². The van der Waals surface area contributed by atoms with Crippen molar-refractivity contribution in [1.29, 1.82) is 0 Å². The van der Waals surface area contributed by atoms with Gasteiger partial charge in [0.05, 0.1) is 17.2 Å². The predicted octanol–water partition coefficient (Wildman–Crippen LogP) is 1.97. The number of carbonyl (C=O) groups excluding carboxylic acids is 1. The molecule has 1 heterocycles. The zero-order valence-corrected chi connectivity index (χ0v) is 12.3. The molecule has 0 saturated carbocycles. The van der Waals surface area contributed by atoms with Crippen molar-refractivity contribution in [2.45, 2.75) is 13.8 Å². The molecule has 20 heavy (non-hydrogen) atoms. The zero-order chi connectivity index (χ0) is 14.7. The molecule has 0 saturated heterocycles. The van der Waals surface area contributed by atoms with Crippen LogP contribution in [0.2, 0.25) is 0 Å². The monoisotopic (exact) mass is 273 g/mol. The van der Waals surface area contributed by atoms with Crippen molar-refractivity contribution in [1.82, 2.24) is 14.9 Å². The number of ether oxygens (including phenoxy) is 1. The average molecular weight is 273 g/mol. The fourth-order valence-electron chi connectivity index (χ4n) is 1.76. The largest absolute Gasteiger partial charge is 0.460 e. The Morgan fingerprint density at radius 1 is 1.20 bits per heavy atom. The highest BCUT2D eigenvalue weighted by Gasteiger charge is 2.11. The molecule has 1 aromatic heterocycles. The minimum atomic E-state index is -0.431. The van der Waals surface area contributed by atoms with Crippen molar-refractivity contribution < 1.29 is 9.53 Å². The van der Waals surface area contributed by atoms with E-state index in [-0.39, 0.29) is 5.69 Å². The van der Waals surface area contributed by atoms with E-state index in [9.17, 15) is 4.79 Å². The Bertz CT molecular complexity index is 638. The lowest BCUT2D eigenvalue weighted by Crippen LogP contribution is -2.20. The first kappa shape index (κ1) is 14.4.